The molecule has 0 bridgehead atoms. The van der Waals surface area contributed by atoms with Gasteiger partial charge in [-0.25, -0.2) is 4.99 Å². The van der Waals surface area contributed by atoms with Gasteiger partial charge < -0.3 is 42.9 Å². The van der Waals surface area contributed by atoms with Crippen LogP contribution in [0.25, 0.3) is 0 Å². The highest BCUT2D eigenvalue weighted by Crippen LogP contribution is 2.23. The molecule has 1 rings (SSSR count). The fourth-order valence-corrected chi connectivity index (χ4v) is 1.91. The maximum Gasteiger partial charge on any atom is 0.186 e. The van der Waals surface area contributed by atoms with E-state index in [0.717, 1.165) is 0 Å². The molecule has 0 heterocycles. The summed E-state index contributed by atoms with van der Waals surface area (Å²) in [5, 5.41) is 48.2. The third-order valence-electron chi connectivity index (χ3n) is 2.76. The Labute approximate surface area is 103 Å². The number of nitrogens with two attached hydrogens (primary N) is 3. The van der Waals surface area contributed by atoms with Crippen molar-refractivity contribution in [2.45, 2.75) is 36.5 Å². The lowest BCUT2D eigenvalue weighted by Gasteiger charge is -2.42. The first-order valence-electron chi connectivity index (χ1n) is 5.17. The van der Waals surface area contributed by atoms with Crippen LogP contribution in [-0.4, -0.2) is 68.8 Å². The fraction of sp³-hybridized carbons (Fsp3) is 0.750. The molecule has 1 fully saturated rings. The zero-order valence-corrected chi connectivity index (χ0v) is 9.43. The van der Waals surface area contributed by atoms with E-state index < -0.39 is 42.5 Å². The van der Waals surface area contributed by atoms with Crippen LogP contribution in [0.2, 0.25) is 0 Å². The Morgan fingerprint density at radius 2 is 1.50 bits per heavy atom. The van der Waals surface area contributed by atoms with Crippen LogP contribution < -0.4 is 22.5 Å². The van der Waals surface area contributed by atoms with Crippen LogP contribution >= 0.6 is 0 Å². The number of aliphatic imine (C=N–C) groups is 1. The molecule has 104 valence electrons. The molecule has 0 spiro atoms. The van der Waals surface area contributed by atoms with Gasteiger partial charge in [-0.3, -0.25) is 5.41 Å². The van der Waals surface area contributed by atoms with Gasteiger partial charge in [-0.05, 0) is 0 Å². The average molecular weight is 262 g/mol. The molecule has 1 aliphatic rings. The van der Waals surface area contributed by atoms with E-state index in [-0.39, 0.29) is 5.96 Å². The lowest BCUT2D eigenvalue weighted by Crippen LogP contribution is -2.68. The minimum Gasteiger partial charge on any atom is -0.389 e. The molecule has 6 atom stereocenters. The molecule has 0 unspecified atom stereocenters. The Kier molecular flexibility index (Phi) is 4.29. The Bertz CT molecular complexity index is 346. The summed E-state index contributed by atoms with van der Waals surface area (Å²) in [5.41, 5.74) is 15.4. The van der Waals surface area contributed by atoms with Crippen molar-refractivity contribution < 1.29 is 20.4 Å². The second-order valence-electron chi connectivity index (χ2n) is 4.09. The number of aliphatic hydroxyl groups excluding tert-OH is 4. The molecule has 10 heteroatoms. The van der Waals surface area contributed by atoms with E-state index in [0.29, 0.717) is 0 Å². The summed E-state index contributed by atoms with van der Waals surface area (Å²) >= 11 is 0. The van der Waals surface area contributed by atoms with E-state index >= 15 is 0 Å². The van der Waals surface area contributed by atoms with Crippen molar-refractivity contribution in [3.05, 3.63) is 0 Å². The molecular formula is C8H18N6O4. The maximum atomic E-state index is 9.92. The quantitative estimate of drug-likeness (QED) is 0.173. The smallest absolute Gasteiger partial charge is 0.186 e. The highest BCUT2D eigenvalue weighted by atomic mass is 16.4. The minimum atomic E-state index is -1.58. The maximum absolute atomic E-state index is 9.92. The van der Waals surface area contributed by atoms with Gasteiger partial charge in [0.15, 0.2) is 11.9 Å². The first-order chi connectivity index (χ1) is 8.25. The van der Waals surface area contributed by atoms with Gasteiger partial charge in [0.05, 0.1) is 6.04 Å². The topological polar surface area (TPSA) is 207 Å². The van der Waals surface area contributed by atoms with Gasteiger partial charge in [-0.1, -0.05) is 0 Å². The molecule has 1 aliphatic carbocycles. The van der Waals surface area contributed by atoms with Crippen LogP contribution in [0.1, 0.15) is 0 Å². The Hall–Kier alpha value is -1.62. The SMILES string of the molecule is N=C(N)N[C@@H]1[C@@H](O)[C@@H](O)[C@@H](O)[C@H](N=C(N)N)[C@@H]1O. The number of nitrogens with one attached hydrogen (secondary N) is 2. The molecule has 0 aliphatic heterocycles. The van der Waals surface area contributed by atoms with Gasteiger partial charge in [-0.2, -0.15) is 0 Å². The van der Waals surface area contributed by atoms with Crippen molar-refractivity contribution >= 4 is 11.9 Å². The third kappa shape index (κ3) is 2.79. The summed E-state index contributed by atoms with van der Waals surface area (Å²) in [6.07, 6.45) is -6.07. The van der Waals surface area contributed by atoms with E-state index in [4.69, 9.17) is 22.6 Å². The van der Waals surface area contributed by atoms with Gasteiger partial charge in [-0.15, -0.1) is 0 Å². The monoisotopic (exact) mass is 262 g/mol. The standard InChI is InChI=1S/C8H18N6O4/c9-7(10)13-1-3(15)2(14-8(11)12)5(17)6(18)4(1)16/h1-6,15-18H,(H4,9,10,13)(H4,11,12,14)/t1-,2+,3+,4+,5-,6+. The van der Waals surface area contributed by atoms with Gasteiger partial charge in [0, 0.05) is 0 Å². The third-order valence-corrected chi connectivity index (χ3v) is 2.76. The average Bonchev–Trinajstić information content (AvgIpc) is 2.27. The number of hydrogen-bond acceptors (Lipinski definition) is 6. The van der Waals surface area contributed by atoms with Crippen molar-refractivity contribution in [3.63, 3.8) is 0 Å². The van der Waals surface area contributed by atoms with Crippen LogP contribution in [-0.2, 0) is 0 Å². The van der Waals surface area contributed by atoms with Crippen molar-refractivity contribution in [3.8, 4) is 0 Å². The van der Waals surface area contributed by atoms with Gasteiger partial charge >= 0.3 is 0 Å². The van der Waals surface area contributed by atoms with Gasteiger partial charge in [0.2, 0.25) is 0 Å². The molecule has 1 saturated carbocycles. The molecule has 0 aromatic carbocycles. The highest BCUT2D eigenvalue weighted by molar-refractivity contribution is 5.76. The van der Waals surface area contributed by atoms with E-state index in [1.165, 1.54) is 0 Å². The second kappa shape index (κ2) is 5.35. The molecule has 18 heavy (non-hydrogen) atoms. The minimum absolute atomic E-state index is 0.386. The van der Waals surface area contributed by atoms with Crippen molar-refractivity contribution in [1.29, 1.82) is 5.41 Å². The van der Waals surface area contributed by atoms with Crippen molar-refractivity contribution in [2.75, 3.05) is 0 Å². The molecular weight excluding hydrogens is 244 g/mol. The lowest BCUT2D eigenvalue weighted by molar-refractivity contribution is -0.140. The number of hydrogen-bond donors (Lipinski definition) is 9. The summed E-state index contributed by atoms with van der Waals surface area (Å²) in [7, 11) is 0. The summed E-state index contributed by atoms with van der Waals surface area (Å²) in [6.45, 7) is 0. The predicted octanol–water partition coefficient (Wildman–Crippen LogP) is -5.06. The number of nitrogens with zero attached hydrogens (tertiary/aromatic N) is 1. The van der Waals surface area contributed by atoms with E-state index in [1.807, 2.05) is 0 Å². The largest absolute Gasteiger partial charge is 0.389 e. The van der Waals surface area contributed by atoms with Crippen molar-refractivity contribution in [2.24, 2.45) is 22.2 Å². The van der Waals surface area contributed by atoms with E-state index in [1.54, 1.807) is 0 Å². The normalized spacial score (nSPS) is 40.0. The van der Waals surface area contributed by atoms with E-state index in [2.05, 4.69) is 10.3 Å². The summed E-state index contributed by atoms with van der Waals surface area (Å²) in [4.78, 5) is 3.59. The number of rotatable bonds is 2. The van der Waals surface area contributed by atoms with Crippen LogP contribution in [0, 0.1) is 5.41 Å². The van der Waals surface area contributed by atoms with Gasteiger partial charge in [0.1, 0.15) is 30.5 Å². The molecule has 0 aromatic heterocycles. The number of aliphatic hydroxyl groups is 4. The van der Waals surface area contributed by atoms with Crippen LogP contribution in [0.4, 0.5) is 0 Å². The second-order valence-corrected chi connectivity index (χ2v) is 4.09. The molecule has 0 saturated heterocycles. The molecule has 12 N–H and O–H groups in total. The van der Waals surface area contributed by atoms with E-state index in [9.17, 15) is 20.4 Å². The zero-order chi connectivity index (χ0) is 14.0. The lowest BCUT2D eigenvalue weighted by atomic mass is 9.82. The summed E-state index contributed by atoms with van der Waals surface area (Å²) in [5.74, 6) is -0.895. The summed E-state index contributed by atoms with van der Waals surface area (Å²) < 4.78 is 0. The van der Waals surface area contributed by atoms with Crippen LogP contribution in [0.5, 0.6) is 0 Å². The zero-order valence-electron chi connectivity index (χ0n) is 9.43. The summed E-state index contributed by atoms with van der Waals surface area (Å²) in [6, 6.07) is -2.40. The van der Waals surface area contributed by atoms with Crippen molar-refractivity contribution in [1.82, 2.24) is 5.32 Å². The Morgan fingerprint density at radius 1 is 0.944 bits per heavy atom. The molecule has 0 radical (unpaired) electrons. The first kappa shape index (κ1) is 14.4. The molecule has 0 amide bonds. The van der Waals surface area contributed by atoms with Crippen LogP contribution in [0.3, 0.4) is 0 Å². The Morgan fingerprint density at radius 3 is 1.94 bits per heavy atom. The molecule has 0 aromatic rings. The fourth-order valence-electron chi connectivity index (χ4n) is 1.91. The van der Waals surface area contributed by atoms with Gasteiger partial charge in [0.25, 0.3) is 0 Å². The number of guanidine groups is 2. The van der Waals surface area contributed by atoms with Crippen LogP contribution in [0.15, 0.2) is 4.99 Å². The highest BCUT2D eigenvalue weighted by Gasteiger charge is 2.49. The Balaban J connectivity index is 2.99. The first-order valence-corrected chi connectivity index (χ1v) is 5.17. The predicted molar refractivity (Wildman–Crippen MR) is 62.5 cm³/mol. The molecule has 10 nitrogen and oxygen atoms in total.